The summed E-state index contributed by atoms with van der Waals surface area (Å²) in [5, 5.41) is 14.6. The van der Waals surface area contributed by atoms with E-state index in [1.807, 2.05) is 17.5 Å². The lowest BCUT2D eigenvalue weighted by atomic mass is 9.85. The lowest BCUT2D eigenvalue weighted by molar-refractivity contribution is -0.139. The van der Waals surface area contributed by atoms with Gasteiger partial charge in [0.25, 0.3) is 0 Å². The van der Waals surface area contributed by atoms with Crippen LogP contribution in [-0.2, 0) is 4.79 Å². The molecule has 0 spiro atoms. The third-order valence-corrected chi connectivity index (χ3v) is 5.81. The van der Waals surface area contributed by atoms with Crippen LogP contribution in [0.4, 0.5) is 5.82 Å². The molecule has 0 amide bonds. The normalized spacial score (nSPS) is 22.6. The third-order valence-electron chi connectivity index (χ3n) is 4.92. The highest BCUT2D eigenvalue weighted by atomic mass is 32.1. The highest BCUT2D eigenvalue weighted by molar-refractivity contribution is 7.13. The van der Waals surface area contributed by atoms with Gasteiger partial charge in [0.15, 0.2) is 0 Å². The number of aliphatic carboxylic acids is 1. The van der Waals surface area contributed by atoms with Crippen LogP contribution in [0.15, 0.2) is 29.9 Å². The minimum absolute atomic E-state index is 0.154. The molecule has 2 aromatic rings. The van der Waals surface area contributed by atoms with Crippen molar-refractivity contribution in [1.82, 2.24) is 14.9 Å². The summed E-state index contributed by atoms with van der Waals surface area (Å²) < 4.78 is 0. The number of carbonyl (C=O) groups is 1. The number of nitrogens with one attached hydrogen (secondary N) is 1. The number of hydrogen-bond acceptors (Lipinski definition) is 6. The van der Waals surface area contributed by atoms with E-state index in [4.69, 9.17) is 5.11 Å². The Kier molecular flexibility index (Phi) is 4.67. The molecule has 2 fully saturated rings. The van der Waals surface area contributed by atoms with E-state index in [1.165, 1.54) is 12.8 Å². The van der Waals surface area contributed by atoms with Gasteiger partial charge in [0, 0.05) is 18.6 Å². The number of carboxylic acid groups (broad SMARTS) is 1. The quantitative estimate of drug-likeness (QED) is 0.755. The van der Waals surface area contributed by atoms with E-state index in [0.29, 0.717) is 18.0 Å². The fraction of sp³-hybridized carbons (Fsp3) is 0.500. The van der Waals surface area contributed by atoms with Gasteiger partial charge in [-0.05, 0) is 43.0 Å². The first-order chi connectivity index (χ1) is 12.2. The van der Waals surface area contributed by atoms with Crippen molar-refractivity contribution in [3.05, 3.63) is 29.9 Å². The largest absolute Gasteiger partial charge is 0.480 e. The van der Waals surface area contributed by atoms with Gasteiger partial charge in [0.05, 0.1) is 23.8 Å². The molecule has 2 aliphatic rings. The van der Waals surface area contributed by atoms with Gasteiger partial charge in [-0.1, -0.05) is 6.07 Å². The summed E-state index contributed by atoms with van der Waals surface area (Å²) in [6.07, 6.45) is 7.95. The molecule has 7 heteroatoms. The van der Waals surface area contributed by atoms with Crippen LogP contribution in [-0.4, -0.2) is 51.1 Å². The average Bonchev–Trinajstić information content (AvgIpc) is 3.19. The summed E-state index contributed by atoms with van der Waals surface area (Å²) in [6, 6.07) is 4.75. The van der Waals surface area contributed by atoms with Gasteiger partial charge in [-0.2, -0.15) is 0 Å². The predicted octanol–water partition coefficient (Wildman–Crippen LogP) is 2.94. The Morgan fingerprint density at radius 1 is 1.36 bits per heavy atom. The van der Waals surface area contributed by atoms with Crippen LogP contribution in [0.25, 0.3) is 10.6 Å². The van der Waals surface area contributed by atoms with Crippen molar-refractivity contribution in [3.63, 3.8) is 0 Å². The Bertz CT molecular complexity index is 726. The van der Waals surface area contributed by atoms with E-state index >= 15 is 0 Å². The molecule has 0 unspecified atom stereocenters. The van der Waals surface area contributed by atoms with Crippen LogP contribution in [0.5, 0.6) is 0 Å². The second-order valence-electron chi connectivity index (χ2n) is 7.00. The number of hydrogen-bond donors (Lipinski definition) is 2. The SMILES string of the molecule is O=C(O)CN(CC1CC1)C1CC(Nc2cncc(-c3cccs3)n2)C1. The summed E-state index contributed by atoms with van der Waals surface area (Å²) in [7, 11) is 0. The molecule has 2 N–H and O–H groups in total. The van der Waals surface area contributed by atoms with Crippen molar-refractivity contribution in [3.8, 4) is 10.6 Å². The van der Waals surface area contributed by atoms with Crippen LogP contribution in [0.1, 0.15) is 25.7 Å². The molecule has 0 bridgehead atoms. The summed E-state index contributed by atoms with van der Waals surface area (Å²) in [4.78, 5) is 23.3. The Morgan fingerprint density at radius 2 is 2.20 bits per heavy atom. The minimum atomic E-state index is -0.730. The number of carboxylic acids is 1. The van der Waals surface area contributed by atoms with Gasteiger partial charge < -0.3 is 10.4 Å². The summed E-state index contributed by atoms with van der Waals surface area (Å²) >= 11 is 1.65. The van der Waals surface area contributed by atoms with E-state index in [2.05, 4.69) is 20.2 Å². The first-order valence-corrected chi connectivity index (χ1v) is 9.63. The second-order valence-corrected chi connectivity index (χ2v) is 7.95. The van der Waals surface area contributed by atoms with Gasteiger partial charge in [0.2, 0.25) is 0 Å². The van der Waals surface area contributed by atoms with Gasteiger partial charge in [0.1, 0.15) is 11.5 Å². The average molecular weight is 358 g/mol. The van der Waals surface area contributed by atoms with Crippen LogP contribution in [0.3, 0.4) is 0 Å². The van der Waals surface area contributed by atoms with Gasteiger partial charge in [-0.25, -0.2) is 4.98 Å². The fourth-order valence-electron chi connectivity index (χ4n) is 3.34. The highest BCUT2D eigenvalue weighted by Gasteiger charge is 2.37. The zero-order chi connectivity index (χ0) is 17.2. The molecule has 6 nitrogen and oxygen atoms in total. The Balaban J connectivity index is 1.33. The van der Waals surface area contributed by atoms with Crippen molar-refractivity contribution in [2.75, 3.05) is 18.4 Å². The molecular formula is C18H22N4O2S. The molecule has 0 radical (unpaired) electrons. The van der Waals surface area contributed by atoms with E-state index in [-0.39, 0.29) is 6.54 Å². The van der Waals surface area contributed by atoms with Crippen LogP contribution in [0, 0.1) is 5.92 Å². The summed E-state index contributed by atoms with van der Waals surface area (Å²) in [6.45, 7) is 1.08. The molecule has 25 heavy (non-hydrogen) atoms. The maximum Gasteiger partial charge on any atom is 0.317 e. The maximum atomic E-state index is 11.1. The summed E-state index contributed by atoms with van der Waals surface area (Å²) in [5.74, 6) is 0.771. The first-order valence-electron chi connectivity index (χ1n) is 8.75. The van der Waals surface area contributed by atoms with Crippen molar-refractivity contribution >= 4 is 23.1 Å². The lowest BCUT2D eigenvalue weighted by Crippen LogP contribution is -2.52. The molecule has 2 saturated carbocycles. The van der Waals surface area contributed by atoms with Gasteiger partial charge in [-0.15, -0.1) is 11.3 Å². The summed E-state index contributed by atoms with van der Waals surface area (Å²) in [5.41, 5.74) is 0.886. The van der Waals surface area contributed by atoms with Crippen LogP contribution < -0.4 is 5.32 Å². The van der Waals surface area contributed by atoms with E-state index in [1.54, 1.807) is 23.7 Å². The molecular weight excluding hydrogens is 336 g/mol. The smallest absolute Gasteiger partial charge is 0.317 e. The zero-order valence-electron chi connectivity index (χ0n) is 14.0. The Labute approximate surface area is 150 Å². The van der Waals surface area contributed by atoms with Crippen molar-refractivity contribution in [1.29, 1.82) is 0 Å². The molecule has 2 aliphatic carbocycles. The molecule has 0 aromatic carbocycles. The second kappa shape index (κ2) is 7.09. The molecule has 2 aromatic heterocycles. The number of aromatic nitrogens is 2. The van der Waals surface area contributed by atoms with Crippen molar-refractivity contribution < 1.29 is 9.90 Å². The molecule has 0 saturated heterocycles. The van der Waals surface area contributed by atoms with Crippen molar-refractivity contribution in [2.45, 2.75) is 37.8 Å². The number of nitrogens with zero attached hydrogens (tertiary/aromatic N) is 3. The van der Waals surface area contributed by atoms with Crippen molar-refractivity contribution in [2.24, 2.45) is 5.92 Å². The monoisotopic (exact) mass is 358 g/mol. The number of rotatable bonds is 8. The van der Waals surface area contributed by atoms with Crippen LogP contribution >= 0.6 is 11.3 Å². The topological polar surface area (TPSA) is 78.4 Å². The van der Waals surface area contributed by atoms with E-state index < -0.39 is 5.97 Å². The van der Waals surface area contributed by atoms with E-state index in [0.717, 1.165) is 35.8 Å². The molecule has 0 atom stereocenters. The fourth-order valence-corrected chi connectivity index (χ4v) is 4.02. The molecule has 0 aliphatic heterocycles. The van der Waals surface area contributed by atoms with Gasteiger partial charge in [-0.3, -0.25) is 14.7 Å². The van der Waals surface area contributed by atoms with Gasteiger partial charge >= 0.3 is 5.97 Å². The maximum absolute atomic E-state index is 11.1. The lowest BCUT2D eigenvalue weighted by Gasteiger charge is -2.43. The number of anilines is 1. The highest BCUT2D eigenvalue weighted by Crippen LogP contribution is 2.34. The predicted molar refractivity (Wildman–Crippen MR) is 97.7 cm³/mol. The number of thiophene rings is 1. The van der Waals surface area contributed by atoms with E-state index in [9.17, 15) is 4.79 Å². The van der Waals surface area contributed by atoms with Crippen LogP contribution in [0.2, 0.25) is 0 Å². The molecule has 2 heterocycles. The standard InChI is InChI=1S/C18H22N4O2S/c23-18(24)11-22(10-12-3-4-12)14-6-13(7-14)20-17-9-19-8-15(21-17)16-2-1-5-25-16/h1-2,5,8-9,12-14H,3-4,6-7,10-11H2,(H,20,21)(H,23,24). The third kappa shape index (κ3) is 4.16. The molecule has 132 valence electrons. The first kappa shape index (κ1) is 16.5. The zero-order valence-corrected chi connectivity index (χ0v) is 14.8. The minimum Gasteiger partial charge on any atom is -0.480 e. The Morgan fingerprint density at radius 3 is 2.88 bits per heavy atom. The molecule has 4 rings (SSSR count). The Hall–Kier alpha value is -1.99.